The molecule has 52 heavy (non-hydrogen) atoms. The highest BCUT2D eigenvalue weighted by atomic mass is 16.5. The topological polar surface area (TPSA) is 61.9 Å². The second kappa shape index (κ2) is 20.0. The van der Waals surface area contributed by atoms with E-state index in [0.29, 0.717) is 39.5 Å². The van der Waals surface area contributed by atoms with Gasteiger partial charge in [-0.25, -0.2) is 0 Å². The van der Waals surface area contributed by atoms with Crippen molar-refractivity contribution in [3.8, 4) is 34.5 Å². The van der Waals surface area contributed by atoms with Crippen LogP contribution >= 0.6 is 0 Å². The molecule has 0 N–H and O–H groups in total. The molecule has 0 fully saturated rings. The van der Waals surface area contributed by atoms with Crippen molar-refractivity contribution in [2.24, 2.45) is 0 Å². The highest BCUT2D eigenvalue weighted by molar-refractivity contribution is 5.43. The van der Waals surface area contributed by atoms with E-state index in [1.54, 1.807) is 14.2 Å². The average molecular weight is 713 g/mol. The first kappa shape index (κ1) is 40.4. The van der Waals surface area contributed by atoms with E-state index in [1.807, 2.05) is 24.3 Å². The van der Waals surface area contributed by atoms with Gasteiger partial charge in [-0.2, -0.15) is 0 Å². The summed E-state index contributed by atoms with van der Waals surface area (Å²) in [5, 5.41) is 0. The predicted molar refractivity (Wildman–Crippen MR) is 211 cm³/mol. The van der Waals surface area contributed by atoms with Gasteiger partial charge in [0.05, 0.1) is 14.2 Å². The van der Waals surface area contributed by atoms with E-state index in [9.17, 15) is 0 Å². The van der Waals surface area contributed by atoms with Crippen molar-refractivity contribution < 1.29 is 28.4 Å². The summed E-state index contributed by atoms with van der Waals surface area (Å²) in [6, 6.07) is 24.9. The summed E-state index contributed by atoms with van der Waals surface area (Å²) < 4.78 is 36.4. The molecule has 0 aliphatic rings. The quantitative estimate of drug-likeness (QED) is 0.0794. The SMILES string of the molecule is CCN(Cc1cc(OCCOc2ccc(OC)c(CN(CC)C(C)COc3c(C)cccc3C)c2)ccc1OC)C(C)COc1c(C)cccc1C. The molecule has 0 heterocycles. The Balaban J connectivity index is 1.32. The van der Waals surface area contributed by atoms with Gasteiger partial charge in [0.15, 0.2) is 0 Å². The summed E-state index contributed by atoms with van der Waals surface area (Å²) in [6.07, 6.45) is 0. The fourth-order valence-electron chi connectivity index (χ4n) is 6.52. The number of rotatable bonds is 21. The lowest BCUT2D eigenvalue weighted by Crippen LogP contribution is -2.37. The molecule has 0 aliphatic carbocycles. The Morgan fingerprint density at radius 1 is 0.519 bits per heavy atom. The van der Waals surface area contributed by atoms with Crippen LogP contribution in [0.1, 0.15) is 61.1 Å². The number of aryl methyl sites for hydroxylation is 4. The lowest BCUT2D eigenvalue weighted by molar-refractivity contribution is 0.143. The van der Waals surface area contributed by atoms with E-state index in [0.717, 1.165) is 81.0 Å². The van der Waals surface area contributed by atoms with Crippen LogP contribution in [0, 0.1) is 27.7 Å². The van der Waals surface area contributed by atoms with Gasteiger partial charge in [0, 0.05) is 36.3 Å². The van der Waals surface area contributed by atoms with Gasteiger partial charge in [0.25, 0.3) is 0 Å². The number of hydrogen-bond donors (Lipinski definition) is 0. The summed E-state index contributed by atoms with van der Waals surface area (Å²) in [5.41, 5.74) is 6.75. The van der Waals surface area contributed by atoms with Crippen molar-refractivity contribution in [1.82, 2.24) is 9.80 Å². The van der Waals surface area contributed by atoms with Crippen LogP contribution < -0.4 is 28.4 Å². The van der Waals surface area contributed by atoms with Crippen LogP contribution in [0.15, 0.2) is 72.8 Å². The summed E-state index contributed by atoms with van der Waals surface area (Å²) >= 11 is 0. The second-order valence-electron chi connectivity index (χ2n) is 13.5. The van der Waals surface area contributed by atoms with Crippen molar-refractivity contribution in [2.45, 2.75) is 80.6 Å². The normalized spacial score (nSPS) is 12.5. The van der Waals surface area contributed by atoms with E-state index < -0.39 is 0 Å². The minimum atomic E-state index is 0.199. The molecule has 2 atom stereocenters. The maximum atomic E-state index is 6.29. The van der Waals surface area contributed by atoms with Crippen LogP contribution in [0.3, 0.4) is 0 Å². The highest BCUT2D eigenvalue weighted by Crippen LogP contribution is 2.29. The zero-order valence-corrected chi connectivity index (χ0v) is 33.1. The molecule has 8 nitrogen and oxygen atoms in total. The third-order valence-electron chi connectivity index (χ3n) is 9.69. The number of benzene rings is 4. The molecule has 0 bridgehead atoms. The summed E-state index contributed by atoms with van der Waals surface area (Å²) in [7, 11) is 3.42. The van der Waals surface area contributed by atoms with Crippen LogP contribution in [0.5, 0.6) is 34.5 Å². The molecule has 0 spiro atoms. The van der Waals surface area contributed by atoms with Gasteiger partial charge in [-0.1, -0.05) is 50.2 Å². The van der Waals surface area contributed by atoms with Crippen LogP contribution in [0.4, 0.5) is 0 Å². The van der Waals surface area contributed by atoms with Crippen molar-refractivity contribution in [3.63, 3.8) is 0 Å². The minimum absolute atomic E-state index is 0.199. The number of nitrogens with zero attached hydrogens (tertiary/aromatic N) is 2. The van der Waals surface area contributed by atoms with Gasteiger partial charge >= 0.3 is 0 Å². The first-order chi connectivity index (χ1) is 25.1. The monoisotopic (exact) mass is 712 g/mol. The van der Waals surface area contributed by atoms with Crippen molar-refractivity contribution in [3.05, 3.63) is 106 Å². The number of ether oxygens (including phenoxy) is 6. The molecule has 0 amide bonds. The molecule has 0 radical (unpaired) electrons. The standard InChI is InChI=1S/C44H60N2O6/c1-11-45(35(7)29-51-43-31(3)15-13-16-32(43)4)27-37-25-39(19-21-41(37)47-9)49-23-24-50-40-20-22-42(48-10)38(26-40)28-46(12-2)36(8)30-52-44-33(5)17-14-18-34(44)6/h13-22,25-26,35-36H,11-12,23-24,27-30H2,1-10H3. The molecule has 8 heteroatoms. The zero-order valence-electron chi connectivity index (χ0n) is 33.1. The Hall–Kier alpha value is -4.40. The molecule has 4 aromatic rings. The predicted octanol–water partition coefficient (Wildman–Crippen LogP) is 8.97. The Morgan fingerprint density at radius 3 is 1.21 bits per heavy atom. The van der Waals surface area contributed by atoms with Crippen molar-refractivity contribution in [1.29, 1.82) is 0 Å². The maximum absolute atomic E-state index is 6.29. The Morgan fingerprint density at radius 2 is 0.885 bits per heavy atom. The fraction of sp³-hybridized carbons (Fsp3) is 0.455. The first-order valence-electron chi connectivity index (χ1n) is 18.5. The van der Waals surface area contributed by atoms with E-state index in [2.05, 4.69) is 114 Å². The second-order valence-corrected chi connectivity index (χ2v) is 13.5. The van der Waals surface area contributed by atoms with Crippen LogP contribution in [-0.2, 0) is 13.1 Å². The molecule has 0 aromatic heterocycles. The van der Waals surface area contributed by atoms with Gasteiger partial charge in [-0.3, -0.25) is 9.80 Å². The maximum Gasteiger partial charge on any atom is 0.125 e. The lowest BCUT2D eigenvalue weighted by atomic mass is 10.1. The van der Waals surface area contributed by atoms with Crippen molar-refractivity contribution >= 4 is 0 Å². The number of likely N-dealkylation sites (N-methyl/N-ethyl adjacent to an activating group) is 2. The average Bonchev–Trinajstić information content (AvgIpc) is 3.14. The highest BCUT2D eigenvalue weighted by Gasteiger charge is 2.19. The molecular weight excluding hydrogens is 652 g/mol. The van der Waals surface area contributed by atoms with E-state index in [4.69, 9.17) is 28.4 Å². The number of para-hydroxylation sites is 2. The molecule has 282 valence electrons. The Kier molecular flexibility index (Phi) is 15.5. The summed E-state index contributed by atoms with van der Waals surface area (Å²) in [4.78, 5) is 4.77. The zero-order chi connectivity index (χ0) is 37.6. The van der Waals surface area contributed by atoms with Gasteiger partial charge < -0.3 is 28.4 Å². The van der Waals surface area contributed by atoms with E-state index in [1.165, 1.54) is 0 Å². The third-order valence-corrected chi connectivity index (χ3v) is 9.69. The fourth-order valence-corrected chi connectivity index (χ4v) is 6.52. The molecule has 2 unspecified atom stereocenters. The van der Waals surface area contributed by atoms with Crippen LogP contribution in [0.25, 0.3) is 0 Å². The Bertz CT molecular complexity index is 1540. The van der Waals surface area contributed by atoms with E-state index >= 15 is 0 Å². The lowest BCUT2D eigenvalue weighted by Gasteiger charge is -2.29. The largest absolute Gasteiger partial charge is 0.496 e. The minimum Gasteiger partial charge on any atom is -0.496 e. The van der Waals surface area contributed by atoms with Gasteiger partial charge in [0.2, 0.25) is 0 Å². The van der Waals surface area contributed by atoms with Gasteiger partial charge in [0.1, 0.15) is 60.9 Å². The smallest absolute Gasteiger partial charge is 0.125 e. The Labute approximate surface area is 312 Å². The number of methoxy groups -OCH3 is 2. The molecular formula is C44H60N2O6. The molecule has 0 aliphatic heterocycles. The molecule has 4 rings (SSSR count). The van der Waals surface area contributed by atoms with Gasteiger partial charge in [-0.05, 0) is 113 Å². The van der Waals surface area contributed by atoms with E-state index in [-0.39, 0.29) is 12.1 Å². The third kappa shape index (κ3) is 11.1. The van der Waals surface area contributed by atoms with Crippen LogP contribution in [0.2, 0.25) is 0 Å². The molecule has 0 saturated carbocycles. The number of hydrogen-bond acceptors (Lipinski definition) is 8. The van der Waals surface area contributed by atoms with Gasteiger partial charge in [-0.15, -0.1) is 0 Å². The summed E-state index contributed by atoms with van der Waals surface area (Å²) in [5.74, 6) is 5.17. The summed E-state index contributed by atoms with van der Waals surface area (Å²) in [6.45, 7) is 22.3. The first-order valence-corrected chi connectivity index (χ1v) is 18.5. The van der Waals surface area contributed by atoms with Crippen molar-refractivity contribution in [2.75, 3.05) is 53.7 Å². The van der Waals surface area contributed by atoms with Crippen LogP contribution in [-0.4, -0.2) is 75.6 Å². The molecule has 0 saturated heterocycles. The molecule has 4 aromatic carbocycles.